The van der Waals surface area contributed by atoms with E-state index in [1.165, 1.54) is 22.4 Å². The summed E-state index contributed by atoms with van der Waals surface area (Å²) in [6.45, 7) is 0.982. The van der Waals surface area contributed by atoms with Crippen molar-refractivity contribution >= 4 is 21.6 Å². The minimum Gasteiger partial charge on any atom is -0.497 e. The summed E-state index contributed by atoms with van der Waals surface area (Å²) in [6, 6.07) is 25.8. The van der Waals surface area contributed by atoms with E-state index in [9.17, 15) is 0 Å². The fraction of sp³-hybridized carbons (Fsp3) is 0.182. The summed E-state index contributed by atoms with van der Waals surface area (Å²) in [5.41, 5.74) is 5.26. The SMILES string of the molecule is COc1ccc2c(c1)CCN(c1ccccc1)C2c1ccccc1Br. The third-order valence-electron chi connectivity index (χ3n) is 4.87. The van der Waals surface area contributed by atoms with Crippen molar-refractivity contribution in [2.75, 3.05) is 18.6 Å². The number of methoxy groups -OCH3 is 1. The zero-order valence-electron chi connectivity index (χ0n) is 14.2. The number of fused-ring (bicyclic) bond motifs is 1. The van der Waals surface area contributed by atoms with Crippen molar-refractivity contribution in [2.45, 2.75) is 12.5 Å². The topological polar surface area (TPSA) is 12.5 Å². The molecular weight excluding hydrogens is 374 g/mol. The van der Waals surface area contributed by atoms with E-state index in [4.69, 9.17) is 4.74 Å². The molecule has 0 fully saturated rings. The van der Waals surface area contributed by atoms with Crippen molar-refractivity contribution in [3.05, 3.63) is 94.0 Å². The largest absolute Gasteiger partial charge is 0.497 e. The molecule has 0 bridgehead atoms. The van der Waals surface area contributed by atoms with Gasteiger partial charge < -0.3 is 9.64 Å². The summed E-state index contributed by atoms with van der Waals surface area (Å²) < 4.78 is 6.58. The van der Waals surface area contributed by atoms with Gasteiger partial charge in [-0.25, -0.2) is 0 Å². The first-order valence-electron chi connectivity index (χ1n) is 8.51. The number of hydrogen-bond acceptors (Lipinski definition) is 2. The van der Waals surface area contributed by atoms with E-state index < -0.39 is 0 Å². The number of para-hydroxylation sites is 1. The fourth-order valence-electron chi connectivity index (χ4n) is 3.66. The average Bonchev–Trinajstić information content (AvgIpc) is 2.68. The van der Waals surface area contributed by atoms with Crippen LogP contribution in [0.5, 0.6) is 5.75 Å². The summed E-state index contributed by atoms with van der Waals surface area (Å²) in [4.78, 5) is 2.49. The van der Waals surface area contributed by atoms with Crippen LogP contribution in [-0.2, 0) is 6.42 Å². The molecule has 1 aliphatic heterocycles. The third kappa shape index (κ3) is 3.05. The predicted octanol–water partition coefficient (Wildman–Crippen LogP) is 5.61. The molecule has 0 amide bonds. The van der Waals surface area contributed by atoms with Gasteiger partial charge in [0.05, 0.1) is 13.2 Å². The Hall–Kier alpha value is -2.26. The van der Waals surface area contributed by atoms with E-state index in [1.54, 1.807) is 7.11 Å². The van der Waals surface area contributed by atoms with E-state index in [1.807, 2.05) is 0 Å². The van der Waals surface area contributed by atoms with Gasteiger partial charge in [-0.15, -0.1) is 0 Å². The van der Waals surface area contributed by atoms with Gasteiger partial charge in [0.25, 0.3) is 0 Å². The van der Waals surface area contributed by atoms with Gasteiger partial charge in [-0.2, -0.15) is 0 Å². The van der Waals surface area contributed by atoms with Crippen molar-refractivity contribution in [1.82, 2.24) is 0 Å². The maximum atomic E-state index is 5.43. The lowest BCUT2D eigenvalue weighted by molar-refractivity contribution is 0.413. The van der Waals surface area contributed by atoms with Crippen LogP contribution in [0, 0.1) is 0 Å². The van der Waals surface area contributed by atoms with Crippen LogP contribution in [0.15, 0.2) is 77.3 Å². The lowest BCUT2D eigenvalue weighted by Crippen LogP contribution is -2.36. The van der Waals surface area contributed by atoms with Crippen molar-refractivity contribution in [1.29, 1.82) is 0 Å². The first kappa shape index (κ1) is 16.2. The summed E-state index contributed by atoms with van der Waals surface area (Å²) in [6.07, 6.45) is 1.02. The van der Waals surface area contributed by atoms with Crippen LogP contribution in [0.1, 0.15) is 22.7 Å². The molecular formula is C22H20BrNO. The monoisotopic (exact) mass is 393 g/mol. The molecule has 3 heteroatoms. The molecule has 0 aromatic heterocycles. The van der Waals surface area contributed by atoms with Crippen LogP contribution in [0.2, 0.25) is 0 Å². The molecule has 0 radical (unpaired) electrons. The Labute approximate surface area is 157 Å². The summed E-state index contributed by atoms with van der Waals surface area (Å²) in [7, 11) is 1.73. The molecule has 1 unspecified atom stereocenters. The van der Waals surface area contributed by atoms with Crippen molar-refractivity contribution in [3.63, 3.8) is 0 Å². The van der Waals surface area contributed by atoms with Gasteiger partial charge in [0.15, 0.2) is 0 Å². The number of hydrogen-bond donors (Lipinski definition) is 0. The molecule has 25 heavy (non-hydrogen) atoms. The van der Waals surface area contributed by atoms with Gasteiger partial charge in [0.1, 0.15) is 5.75 Å². The van der Waals surface area contributed by atoms with Crippen molar-refractivity contribution in [2.24, 2.45) is 0 Å². The van der Waals surface area contributed by atoms with Gasteiger partial charge in [0, 0.05) is 16.7 Å². The highest BCUT2D eigenvalue weighted by atomic mass is 79.9. The van der Waals surface area contributed by atoms with E-state index >= 15 is 0 Å². The normalized spacial score (nSPS) is 16.4. The molecule has 1 atom stereocenters. The number of anilines is 1. The minimum absolute atomic E-state index is 0.188. The summed E-state index contributed by atoms with van der Waals surface area (Å²) >= 11 is 3.76. The third-order valence-corrected chi connectivity index (χ3v) is 5.59. The van der Waals surface area contributed by atoms with Crippen molar-refractivity contribution in [3.8, 4) is 5.75 Å². The van der Waals surface area contributed by atoms with Gasteiger partial charge in [-0.1, -0.05) is 58.4 Å². The molecule has 3 aromatic rings. The zero-order chi connectivity index (χ0) is 17.2. The maximum absolute atomic E-state index is 5.43. The molecule has 3 aromatic carbocycles. The summed E-state index contributed by atoms with van der Waals surface area (Å²) in [5, 5.41) is 0. The van der Waals surface area contributed by atoms with Gasteiger partial charge in [-0.3, -0.25) is 0 Å². The van der Waals surface area contributed by atoms with E-state index in [0.29, 0.717) is 0 Å². The second kappa shape index (κ2) is 6.93. The Morgan fingerprint density at radius 2 is 1.68 bits per heavy atom. The number of ether oxygens (including phenoxy) is 1. The zero-order valence-corrected chi connectivity index (χ0v) is 15.7. The predicted molar refractivity (Wildman–Crippen MR) is 106 cm³/mol. The summed E-state index contributed by atoms with van der Waals surface area (Å²) in [5.74, 6) is 0.929. The van der Waals surface area contributed by atoms with Crippen LogP contribution >= 0.6 is 15.9 Å². The first-order chi connectivity index (χ1) is 12.3. The second-order valence-electron chi connectivity index (χ2n) is 6.27. The average molecular weight is 394 g/mol. The van der Waals surface area contributed by atoms with Crippen LogP contribution in [0.25, 0.3) is 0 Å². The highest BCUT2D eigenvalue weighted by Gasteiger charge is 2.30. The fourth-order valence-corrected chi connectivity index (χ4v) is 4.16. The number of benzene rings is 3. The quantitative estimate of drug-likeness (QED) is 0.573. The highest BCUT2D eigenvalue weighted by Crippen LogP contribution is 2.41. The van der Waals surface area contributed by atoms with Crippen LogP contribution in [0.4, 0.5) is 5.69 Å². The minimum atomic E-state index is 0.188. The molecule has 2 nitrogen and oxygen atoms in total. The Morgan fingerprint density at radius 1 is 0.920 bits per heavy atom. The Bertz CT molecular complexity index is 878. The molecule has 0 saturated carbocycles. The highest BCUT2D eigenvalue weighted by molar-refractivity contribution is 9.10. The van der Waals surface area contributed by atoms with Gasteiger partial charge in [-0.05, 0) is 53.4 Å². The maximum Gasteiger partial charge on any atom is 0.119 e. The Kier molecular flexibility index (Phi) is 4.50. The number of halogens is 1. The lowest BCUT2D eigenvalue weighted by atomic mass is 9.87. The lowest BCUT2D eigenvalue weighted by Gasteiger charge is -2.40. The molecule has 4 rings (SSSR count). The molecule has 0 aliphatic carbocycles. The second-order valence-corrected chi connectivity index (χ2v) is 7.12. The Morgan fingerprint density at radius 3 is 2.44 bits per heavy atom. The first-order valence-corrected chi connectivity index (χ1v) is 9.30. The smallest absolute Gasteiger partial charge is 0.119 e. The van der Waals surface area contributed by atoms with E-state index in [0.717, 1.165) is 23.2 Å². The molecule has 0 spiro atoms. The molecule has 0 N–H and O–H groups in total. The molecule has 1 aliphatic rings. The van der Waals surface area contributed by atoms with Gasteiger partial charge in [0.2, 0.25) is 0 Å². The van der Waals surface area contributed by atoms with Gasteiger partial charge >= 0.3 is 0 Å². The Balaban J connectivity index is 1.88. The molecule has 1 heterocycles. The standard InChI is InChI=1S/C22H20BrNO/c1-25-18-11-12-19-16(15-18)13-14-24(17-7-3-2-4-8-17)22(19)20-9-5-6-10-21(20)23/h2-12,15,22H,13-14H2,1H3. The van der Waals surface area contributed by atoms with Crippen LogP contribution in [0.3, 0.4) is 0 Å². The van der Waals surface area contributed by atoms with Crippen LogP contribution < -0.4 is 9.64 Å². The van der Waals surface area contributed by atoms with E-state index in [2.05, 4.69) is 93.6 Å². The molecule has 126 valence electrons. The molecule has 0 saturated heterocycles. The number of rotatable bonds is 3. The van der Waals surface area contributed by atoms with Crippen LogP contribution in [-0.4, -0.2) is 13.7 Å². The van der Waals surface area contributed by atoms with Crippen molar-refractivity contribution < 1.29 is 4.74 Å². The van der Waals surface area contributed by atoms with E-state index in [-0.39, 0.29) is 6.04 Å². The number of nitrogens with zero attached hydrogens (tertiary/aromatic N) is 1.